The Morgan fingerprint density at radius 3 is 2.76 bits per heavy atom. The summed E-state index contributed by atoms with van der Waals surface area (Å²) in [5, 5.41) is 52.0. The lowest BCUT2D eigenvalue weighted by Crippen LogP contribution is -3.19. The smallest absolute Gasteiger partial charge is 0.293 e. The highest BCUT2D eigenvalue weighted by atomic mass is 16.5. The number of carboxylic acid groups (broad SMARTS) is 1. The number of quaternary nitrogens is 1. The van der Waals surface area contributed by atoms with Crippen LogP contribution in [-0.4, -0.2) is 105 Å². The van der Waals surface area contributed by atoms with E-state index in [1.165, 1.54) is 0 Å². The van der Waals surface area contributed by atoms with Crippen LogP contribution < -0.4 is 26.4 Å². The van der Waals surface area contributed by atoms with E-state index in [0.717, 1.165) is 94.4 Å². The third-order valence-corrected chi connectivity index (χ3v) is 13.8. The molecule has 2 heterocycles. The van der Waals surface area contributed by atoms with Gasteiger partial charge in [-0.1, -0.05) is 12.5 Å². The Hall–Kier alpha value is -1.60. The molecule has 0 aromatic rings. The van der Waals surface area contributed by atoms with Crippen molar-refractivity contribution in [3.63, 3.8) is 0 Å². The summed E-state index contributed by atoms with van der Waals surface area (Å²) in [6, 6.07) is 0.325. The third-order valence-electron chi connectivity index (χ3n) is 13.8. The lowest BCUT2D eigenvalue weighted by atomic mass is 9.45. The molecule has 11 heteroatoms. The SMILES string of the molecule is CN=C(N)[NH+]1CC[C@H](CNCCO)[C@@]2(C1)[C@@H]1CC[C@@H](C)[C@]23C[C@](O)(CO[C@@H]2CC[C@H](CCCO)[C@H]4NCCC[C@H]42)C(C(=O)[O-])=C3C1. The van der Waals surface area contributed by atoms with Crippen molar-refractivity contribution in [3.05, 3.63) is 11.1 Å². The zero-order valence-electron chi connectivity index (χ0n) is 28.1. The van der Waals surface area contributed by atoms with Crippen LogP contribution in [0.5, 0.6) is 0 Å². The van der Waals surface area contributed by atoms with Gasteiger partial charge in [-0.2, -0.15) is 0 Å². The van der Waals surface area contributed by atoms with Crippen LogP contribution in [-0.2, 0) is 9.53 Å². The Bertz CT molecular complexity index is 1180. The van der Waals surface area contributed by atoms with Gasteiger partial charge in [0, 0.05) is 55.0 Å². The number of guanidine groups is 1. The number of allylic oxidation sites excluding steroid dienone is 1. The standard InChI is InChI=1S/C35H59N5O6/c1-22-7-9-24-17-27-29(31(43)44)33(45,21-46-28-10-8-23(5-4-15-41)30-26(28)6-3-12-39-30)19-34(22,27)35(24)20-40(32(36)37-2)14-11-25(35)18-38-13-16-42/h22-26,28,30,38-39,41-42,45H,3-21H2,1-2H3,(H2,36,37)(H,43,44)/t22-,23+,24-,25-,26+,28-,30-,33+,34+,35-/m1/s1. The normalized spacial score (nSPS) is 44.0. The van der Waals surface area contributed by atoms with E-state index in [2.05, 4.69) is 22.5 Å². The number of aliphatic hydroxyl groups is 3. The molecule has 8 N–H and O–H groups in total. The average molecular weight is 646 g/mol. The largest absolute Gasteiger partial charge is 0.545 e. The van der Waals surface area contributed by atoms with Gasteiger partial charge in [0.15, 0.2) is 0 Å². The van der Waals surface area contributed by atoms with Gasteiger partial charge >= 0.3 is 0 Å². The van der Waals surface area contributed by atoms with Crippen LogP contribution in [0.3, 0.4) is 0 Å². The quantitative estimate of drug-likeness (QED) is 0.0840. The van der Waals surface area contributed by atoms with Crippen molar-refractivity contribution in [1.82, 2.24) is 10.6 Å². The van der Waals surface area contributed by atoms with Crippen molar-refractivity contribution < 1.29 is 34.9 Å². The van der Waals surface area contributed by atoms with Crippen molar-refractivity contribution in [2.45, 2.75) is 95.3 Å². The van der Waals surface area contributed by atoms with Gasteiger partial charge < -0.3 is 46.3 Å². The van der Waals surface area contributed by atoms with Crippen LogP contribution in [0.2, 0.25) is 0 Å². The predicted octanol–water partition coefficient (Wildman–Crippen LogP) is -1.04. The number of aliphatic imine (C=N–C) groups is 1. The first-order chi connectivity index (χ1) is 22.2. The molecule has 2 saturated heterocycles. The van der Waals surface area contributed by atoms with Gasteiger partial charge in [-0.15, -0.1) is 0 Å². The molecule has 2 spiro atoms. The second-order valence-electron chi connectivity index (χ2n) is 15.6. The first kappa shape index (κ1) is 34.3. The third kappa shape index (κ3) is 5.46. The molecule has 46 heavy (non-hydrogen) atoms. The number of carbonyl (C=O) groups is 1. The number of piperidine rings is 2. The minimum absolute atomic E-state index is 0.0349. The van der Waals surface area contributed by atoms with Gasteiger partial charge in [-0.05, 0) is 101 Å². The summed E-state index contributed by atoms with van der Waals surface area (Å²) in [4.78, 5) is 18.7. The minimum atomic E-state index is -1.63. The Kier molecular flexibility index (Phi) is 10.2. The number of nitrogens with zero attached hydrogens (tertiary/aromatic N) is 1. The number of aliphatic carboxylic acids is 1. The number of nitrogens with two attached hydrogens (primary N) is 1. The maximum Gasteiger partial charge on any atom is 0.293 e. The molecule has 5 fully saturated rings. The van der Waals surface area contributed by atoms with Crippen LogP contribution in [0.15, 0.2) is 16.1 Å². The Labute approximate surface area is 274 Å². The van der Waals surface area contributed by atoms with Crippen molar-refractivity contribution in [1.29, 1.82) is 0 Å². The number of nitrogens with one attached hydrogen (secondary N) is 3. The first-order valence-electron chi connectivity index (χ1n) is 18.2. The predicted molar refractivity (Wildman–Crippen MR) is 173 cm³/mol. The van der Waals surface area contributed by atoms with E-state index in [1.807, 2.05) is 0 Å². The minimum Gasteiger partial charge on any atom is -0.545 e. The highest BCUT2D eigenvalue weighted by molar-refractivity contribution is 5.90. The second kappa shape index (κ2) is 13.7. The van der Waals surface area contributed by atoms with Crippen molar-refractivity contribution in [2.24, 2.45) is 51.1 Å². The Morgan fingerprint density at radius 1 is 1.20 bits per heavy atom. The van der Waals surface area contributed by atoms with Gasteiger partial charge in [0.1, 0.15) is 5.60 Å². The van der Waals surface area contributed by atoms with E-state index in [-0.39, 0.29) is 54.7 Å². The second-order valence-corrected chi connectivity index (χ2v) is 15.6. The maximum atomic E-state index is 13.2. The van der Waals surface area contributed by atoms with E-state index in [1.54, 1.807) is 7.05 Å². The molecule has 11 atom stereocenters. The summed E-state index contributed by atoms with van der Waals surface area (Å²) in [6.45, 7) is 6.34. The number of aliphatic hydroxyl groups excluding tert-OH is 2. The summed E-state index contributed by atoms with van der Waals surface area (Å²) in [5.74, 6) is 0.835. The highest BCUT2D eigenvalue weighted by Crippen LogP contribution is 2.76. The number of fused-ring (bicyclic) bond motifs is 1. The number of hydrogen-bond donors (Lipinski definition) is 7. The van der Waals surface area contributed by atoms with Gasteiger partial charge in [0.25, 0.3) is 5.96 Å². The number of ether oxygens (including phenoxy) is 1. The Balaban J connectivity index is 1.33. The molecule has 0 amide bonds. The molecule has 0 aromatic carbocycles. The molecule has 4 aliphatic carbocycles. The van der Waals surface area contributed by atoms with Gasteiger partial charge in [0.2, 0.25) is 0 Å². The molecule has 2 bridgehead atoms. The number of rotatable bonds is 11. The molecule has 260 valence electrons. The van der Waals surface area contributed by atoms with Crippen LogP contribution >= 0.6 is 0 Å². The Morgan fingerprint density at radius 2 is 2.02 bits per heavy atom. The number of hydrogen-bond acceptors (Lipinski definition) is 9. The van der Waals surface area contributed by atoms with Crippen molar-refractivity contribution >= 4 is 11.9 Å². The summed E-state index contributed by atoms with van der Waals surface area (Å²) >= 11 is 0. The molecule has 6 rings (SSSR count). The number of carbonyl (C=O) groups excluding carboxylic acids is 1. The van der Waals surface area contributed by atoms with Crippen LogP contribution in [0.25, 0.3) is 0 Å². The van der Waals surface area contributed by atoms with Crippen molar-refractivity contribution in [2.75, 3.05) is 59.6 Å². The molecule has 11 nitrogen and oxygen atoms in total. The monoisotopic (exact) mass is 645 g/mol. The molecule has 6 aliphatic rings. The lowest BCUT2D eigenvalue weighted by Gasteiger charge is -2.60. The zero-order valence-corrected chi connectivity index (χ0v) is 28.1. The summed E-state index contributed by atoms with van der Waals surface area (Å²) < 4.78 is 6.72. The molecule has 1 unspecified atom stereocenters. The van der Waals surface area contributed by atoms with Crippen LogP contribution in [0.1, 0.15) is 77.6 Å². The van der Waals surface area contributed by atoms with E-state index >= 15 is 0 Å². The van der Waals surface area contributed by atoms with Gasteiger partial charge in [-0.25, -0.2) is 4.99 Å². The highest BCUT2D eigenvalue weighted by Gasteiger charge is 2.75. The fraction of sp³-hybridized carbons (Fsp3) is 0.886. The van der Waals surface area contributed by atoms with Crippen molar-refractivity contribution in [3.8, 4) is 0 Å². The van der Waals surface area contributed by atoms with Crippen LogP contribution in [0, 0.1) is 40.4 Å². The van der Waals surface area contributed by atoms with E-state index < -0.39 is 17.0 Å². The first-order valence-corrected chi connectivity index (χ1v) is 18.2. The van der Waals surface area contributed by atoms with Gasteiger partial charge in [0.05, 0.1) is 38.4 Å². The van der Waals surface area contributed by atoms with Crippen LogP contribution in [0.4, 0.5) is 0 Å². The number of likely N-dealkylation sites (tertiary alicyclic amines) is 1. The molecule has 2 aliphatic heterocycles. The van der Waals surface area contributed by atoms with E-state index in [0.29, 0.717) is 43.2 Å². The maximum absolute atomic E-state index is 13.2. The van der Waals surface area contributed by atoms with Gasteiger partial charge in [-0.3, -0.25) is 4.90 Å². The topological polar surface area (TPSA) is 177 Å². The lowest BCUT2D eigenvalue weighted by molar-refractivity contribution is -0.828. The van der Waals surface area contributed by atoms with E-state index in [9.17, 15) is 25.2 Å². The molecule has 3 saturated carbocycles. The molecule has 0 radical (unpaired) electrons. The van der Waals surface area contributed by atoms with E-state index in [4.69, 9.17) is 10.5 Å². The number of carboxylic acids is 1. The zero-order chi connectivity index (χ0) is 32.7. The molecular formula is C35H59N5O6. The molecular weight excluding hydrogens is 586 g/mol. The fourth-order valence-electron chi connectivity index (χ4n) is 12.1. The average Bonchev–Trinajstić information content (AvgIpc) is 3.40. The fourth-order valence-corrected chi connectivity index (χ4v) is 12.1. The molecule has 0 aromatic heterocycles. The summed E-state index contributed by atoms with van der Waals surface area (Å²) in [6.07, 6.45) is 9.67. The summed E-state index contributed by atoms with van der Waals surface area (Å²) in [7, 11) is 1.73. The summed E-state index contributed by atoms with van der Waals surface area (Å²) in [5.41, 5.74) is 5.07.